The number of hydrogen-bond acceptors (Lipinski definition) is 7. The first-order chi connectivity index (χ1) is 16.5. The number of thioether (sulfide) groups is 1. The van der Waals surface area contributed by atoms with E-state index in [4.69, 9.17) is 14.2 Å². The summed E-state index contributed by atoms with van der Waals surface area (Å²) in [6.07, 6.45) is 0. The highest BCUT2D eigenvalue weighted by Gasteiger charge is 2.16. The summed E-state index contributed by atoms with van der Waals surface area (Å²) in [6, 6.07) is 19.3. The predicted molar refractivity (Wildman–Crippen MR) is 133 cm³/mol. The molecule has 0 saturated carbocycles. The average Bonchev–Trinajstić information content (AvgIpc) is 2.87. The standard InChI is InChI=1S/C25H23N3O5S/c1-31-18-11-8-16(9-12-18)26-23(29)15-34-25-27-20-7-5-4-6-19(20)24(30)28(25)17-10-13-21(32-2)22(14-17)33-3/h4-14H,15H2,1-3H3,(H,26,29). The fraction of sp³-hybridized carbons (Fsp3) is 0.160. The first kappa shape index (κ1) is 23.2. The van der Waals surface area contributed by atoms with Gasteiger partial charge in [0.2, 0.25) is 5.91 Å². The maximum Gasteiger partial charge on any atom is 0.266 e. The summed E-state index contributed by atoms with van der Waals surface area (Å²) in [5.41, 5.74) is 1.52. The molecule has 0 radical (unpaired) electrons. The zero-order valence-electron chi connectivity index (χ0n) is 18.9. The van der Waals surface area contributed by atoms with Gasteiger partial charge in [0.25, 0.3) is 5.56 Å². The molecular weight excluding hydrogens is 454 g/mol. The number of nitrogens with zero attached hydrogens (tertiary/aromatic N) is 2. The molecule has 1 amide bonds. The maximum absolute atomic E-state index is 13.4. The van der Waals surface area contributed by atoms with Crippen LogP contribution in [0, 0.1) is 0 Å². The summed E-state index contributed by atoms with van der Waals surface area (Å²) in [4.78, 5) is 30.7. The van der Waals surface area contributed by atoms with Gasteiger partial charge in [0.15, 0.2) is 16.7 Å². The topological polar surface area (TPSA) is 91.7 Å². The van der Waals surface area contributed by atoms with Gasteiger partial charge in [-0.3, -0.25) is 14.2 Å². The van der Waals surface area contributed by atoms with Crippen molar-refractivity contribution in [2.45, 2.75) is 5.16 Å². The van der Waals surface area contributed by atoms with Crippen molar-refractivity contribution in [2.24, 2.45) is 0 Å². The second-order valence-electron chi connectivity index (χ2n) is 7.16. The Labute approximate surface area is 200 Å². The number of fused-ring (bicyclic) bond motifs is 1. The predicted octanol–water partition coefficient (Wildman–Crippen LogP) is 4.14. The number of carbonyl (C=O) groups excluding carboxylic acids is 1. The van der Waals surface area contributed by atoms with Crippen LogP contribution in [0.15, 0.2) is 76.7 Å². The van der Waals surface area contributed by atoms with Crippen LogP contribution in [0.2, 0.25) is 0 Å². The third kappa shape index (κ3) is 4.84. The Balaban J connectivity index is 1.67. The van der Waals surface area contributed by atoms with E-state index < -0.39 is 0 Å². The van der Waals surface area contributed by atoms with Gasteiger partial charge >= 0.3 is 0 Å². The van der Waals surface area contributed by atoms with Crippen LogP contribution in [0.25, 0.3) is 16.6 Å². The van der Waals surface area contributed by atoms with Crippen molar-refractivity contribution in [2.75, 3.05) is 32.4 Å². The number of carbonyl (C=O) groups is 1. The van der Waals surface area contributed by atoms with Crippen LogP contribution in [0.5, 0.6) is 17.2 Å². The molecule has 9 heteroatoms. The molecular formula is C25H23N3O5S. The maximum atomic E-state index is 13.4. The second kappa shape index (κ2) is 10.3. The van der Waals surface area contributed by atoms with E-state index in [1.165, 1.54) is 23.4 Å². The van der Waals surface area contributed by atoms with Gasteiger partial charge in [0.1, 0.15) is 5.75 Å². The zero-order valence-corrected chi connectivity index (χ0v) is 19.7. The van der Waals surface area contributed by atoms with E-state index in [1.807, 2.05) is 6.07 Å². The van der Waals surface area contributed by atoms with Crippen LogP contribution in [0.3, 0.4) is 0 Å². The Morgan fingerprint density at radius 1 is 0.941 bits per heavy atom. The normalized spacial score (nSPS) is 10.7. The van der Waals surface area contributed by atoms with Crippen LogP contribution in [-0.4, -0.2) is 42.5 Å². The van der Waals surface area contributed by atoms with Gasteiger partial charge in [-0.2, -0.15) is 0 Å². The first-order valence-electron chi connectivity index (χ1n) is 10.3. The van der Waals surface area contributed by atoms with Gasteiger partial charge in [-0.05, 0) is 48.5 Å². The summed E-state index contributed by atoms with van der Waals surface area (Å²) in [7, 11) is 4.66. The monoisotopic (exact) mass is 477 g/mol. The minimum atomic E-state index is -0.240. The second-order valence-corrected chi connectivity index (χ2v) is 8.10. The van der Waals surface area contributed by atoms with Crippen molar-refractivity contribution in [3.8, 4) is 22.9 Å². The van der Waals surface area contributed by atoms with Gasteiger partial charge < -0.3 is 19.5 Å². The van der Waals surface area contributed by atoms with E-state index in [0.717, 1.165) is 0 Å². The summed E-state index contributed by atoms with van der Waals surface area (Å²) in [5.74, 6) is 1.56. The van der Waals surface area contributed by atoms with Crippen LogP contribution >= 0.6 is 11.8 Å². The van der Waals surface area contributed by atoms with Gasteiger partial charge in [0, 0.05) is 11.8 Å². The Kier molecular flexibility index (Phi) is 7.03. The van der Waals surface area contributed by atoms with Crippen molar-refractivity contribution in [3.05, 3.63) is 77.1 Å². The van der Waals surface area contributed by atoms with Crippen molar-refractivity contribution in [1.82, 2.24) is 9.55 Å². The summed E-state index contributed by atoms with van der Waals surface area (Å²) >= 11 is 1.17. The number of amides is 1. The molecule has 0 saturated heterocycles. The highest BCUT2D eigenvalue weighted by molar-refractivity contribution is 7.99. The molecule has 3 aromatic carbocycles. The minimum absolute atomic E-state index is 0.0596. The number of anilines is 1. The first-order valence-corrected chi connectivity index (χ1v) is 11.3. The summed E-state index contributed by atoms with van der Waals surface area (Å²) in [5, 5.41) is 3.71. The van der Waals surface area contributed by atoms with Crippen molar-refractivity contribution in [3.63, 3.8) is 0 Å². The van der Waals surface area contributed by atoms with Gasteiger partial charge in [-0.15, -0.1) is 0 Å². The highest BCUT2D eigenvalue weighted by Crippen LogP contribution is 2.30. The molecule has 4 aromatic rings. The van der Waals surface area contributed by atoms with Crippen LogP contribution in [0.4, 0.5) is 5.69 Å². The fourth-order valence-corrected chi connectivity index (χ4v) is 4.22. The zero-order chi connectivity index (χ0) is 24.1. The number of rotatable bonds is 8. The van der Waals surface area contributed by atoms with Crippen molar-refractivity contribution >= 4 is 34.3 Å². The Morgan fingerprint density at radius 2 is 1.68 bits per heavy atom. The number of ether oxygens (including phenoxy) is 3. The summed E-state index contributed by atoms with van der Waals surface area (Å²) in [6.45, 7) is 0. The van der Waals surface area contributed by atoms with E-state index in [2.05, 4.69) is 10.3 Å². The van der Waals surface area contributed by atoms with E-state index in [0.29, 0.717) is 44.7 Å². The molecule has 1 aromatic heterocycles. The smallest absolute Gasteiger partial charge is 0.266 e. The van der Waals surface area contributed by atoms with Crippen molar-refractivity contribution in [1.29, 1.82) is 0 Å². The third-order valence-electron chi connectivity index (χ3n) is 5.08. The molecule has 0 spiro atoms. The number of nitrogens with one attached hydrogen (secondary N) is 1. The largest absolute Gasteiger partial charge is 0.497 e. The van der Waals surface area contributed by atoms with Crippen LogP contribution in [0.1, 0.15) is 0 Å². The Bertz CT molecular complexity index is 1390. The molecule has 0 aliphatic heterocycles. The van der Waals surface area contributed by atoms with Gasteiger partial charge in [-0.1, -0.05) is 23.9 Å². The molecule has 8 nitrogen and oxygen atoms in total. The average molecular weight is 478 g/mol. The minimum Gasteiger partial charge on any atom is -0.497 e. The number of para-hydroxylation sites is 1. The molecule has 0 bridgehead atoms. The quantitative estimate of drug-likeness (QED) is 0.301. The molecule has 0 fully saturated rings. The molecule has 174 valence electrons. The Morgan fingerprint density at radius 3 is 2.38 bits per heavy atom. The van der Waals surface area contributed by atoms with E-state index in [-0.39, 0.29) is 17.2 Å². The highest BCUT2D eigenvalue weighted by atomic mass is 32.2. The van der Waals surface area contributed by atoms with E-state index in [9.17, 15) is 9.59 Å². The molecule has 0 aliphatic rings. The van der Waals surface area contributed by atoms with Crippen LogP contribution < -0.4 is 25.1 Å². The van der Waals surface area contributed by atoms with E-state index >= 15 is 0 Å². The lowest BCUT2D eigenvalue weighted by Crippen LogP contribution is -2.23. The van der Waals surface area contributed by atoms with Gasteiger partial charge in [-0.25, -0.2) is 4.98 Å². The molecule has 0 atom stereocenters. The molecule has 34 heavy (non-hydrogen) atoms. The lowest BCUT2D eigenvalue weighted by atomic mass is 10.2. The van der Waals surface area contributed by atoms with Crippen LogP contribution in [-0.2, 0) is 4.79 Å². The number of methoxy groups -OCH3 is 3. The molecule has 1 N–H and O–H groups in total. The third-order valence-corrected chi connectivity index (χ3v) is 6.01. The number of benzene rings is 3. The lowest BCUT2D eigenvalue weighted by Gasteiger charge is -2.15. The molecule has 4 rings (SSSR count). The van der Waals surface area contributed by atoms with E-state index in [1.54, 1.807) is 74.9 Å². The molecule has 0 aliphatic carbocycles. The van der Waals surface area contributed by atoms with Gasteiger partial charge in [0.05, 0.1) is 43.7 Å². The SMILES string of the molecule is COc1ccc(NC(=O)CSc2nc3ccccc3c(=O)n2-c2ccc(OC)c(OC)c2)cc1. The molecule has 0 unspecified atom stereocenters. The fourth-order valence-electron chi connectivity index (χ4n) is 3.40. The lowest BCUT2D eigenvalue weighted by molar-refractivity contribution is -0.113. The Hall–Kier alpha value is -3.98. The summed E-state index contributed by atoms with van der Waals surface area (Å²) < 4.78 is 17.3. The number of aromatic nitrogens is 2. The molecule has 1 heterocycles. The van der Waals surface area contributed by atoms with Crippen molar-refractivity contribution < 1.29 is 19.0 Å². The number of hydrogen-bond donors (Lipinski definition) is 1.